The average molecular weight is 478 g/mol. The van der Waals surface area contributed by atoms with Gasteiger partial charge in [0.25, 0.3) is 0 Å². The zero-order valence-electron chi connectivity index (χ0n) is 16.5. The molecule has 0 aliphatic rings. The molecule has 0 N–H and O–H groups in total. The Bertz CT molecular complexity index is 1790. The van der Waals surface area contributed by atoms with Crippen LogP contribution < -0.4 is 0 Å². The summed E-state index contributed by atoms with van der Waals surface area (Å²) < 4.78 is 4.93. The fourth-order valence-electron chi connectivity index (χ4n) is 4.98. The van der Waals surface area contributed by atoms with Crippen molar-refractivity contribution in [1.82, 2.24) is 4.40 Å². The number of thiophene rings is 1. The topological polar surface area (TPSA) is 4.41 Å². The van der Waals surface area contributed by atoms with Gasteiger partial charge >= 0.3 is 0 Å². The summed E-state index contributed by atoms with van der Waals surface area (Å²) in [5, 5.41) is 6.54. The molecule has 0 fully saturated rings. The van der Waals surface area contributed by atoms with Crippen LogP contribution in [-0.4, -0.2) is 4.40 Å². The molecular formula is C28H16BrNS. The van der Waals surface area contributed by atoms with Crippen molar-refractivity contribution in [3.63, 3.8) is 0 Å². The molecule has 0 aliphatic carbocycles. The summed E-state index contributed by atoms with van der Waals surface area (Å²) in [6.45, 7) is 0. The predicted molar refractivity (Wildman–Crippen MR) is 138 cm³/mol. The van der Waals surface area contributed by atoms with Gasteiger partial charge in [0.1, 0.15) is 4.83 Å². The number of hydrogen-bond acceptors (Lipinski definition) is 1. The summed E-state index contributed by atoms with van der Waals surface area (Å²) in [5.74, 6) is 0. The maximum Gasteiger partial charge on any atom is 0.109 e. The Morgan fingerprint density at radius 1 is 0.645 bits per heavy atom. The second-order valence-electron chi connectivity index (χ2n) is 7.91. The zero-order valence-corrected chi connectivity index (χ0v) is 18.9. The minimum Gasteiger partial charge on any atom is -0.299 e. The Kier molecular flexibility index (Phi) is 3.64. The molecule has 0 atom stereocenters. The van der Waals surface area contributed by atoms with Gasteiger partial charge in [0.2, 0.25) is 0 Å². The number of pyridine rings is 1. The second-order valence-corrected chi connectivity index (χ2v) is 9.86. The summed E-state index contributed by atoms with van der Waals surface area (Å²) in [4.78, 5) is 1.31. The Hall–Kier alpha value is -3.14. The number of halogens is 1. The van der Waals surface area contributed by atoms with E-state index in [1.54, 1.807) is 0 Å². The van der Waals surface area contributed by atoms with Crippen LogP contribution in [0.3, 0.4) is 0 Å². The van der Waals surface area contributed by atoms with Crippen molar-refractivity contribution in [2.75, 3.05) is 0 Å². The van der Waals surface area contributed by atoms with E-state index in [-0.39, 0.29) is 0 Å². The van der Waals surface area contributed by atoms with Crippen LogP contribution in [0.15, 0.2) is 102 Å². The van der Waals surface area contributed by atoms with Gasteiger partial charge in [-0.05, 0) is 35.2 Å². The highest BCUT2D eigenvalue weighted by Gasteiger charge is 2.21. The minimum atomic E-state index is 1.11. The maximum atomic E-state index is 3.73. The second kappa shape index (κ2) is 6.43. The van der Waals surface area contributed by atoms with Gasteiger partial charge in [-0.25, -0.2) is 0 Å². The van der Waals surface area contributed by atoms with E-state index in [2.05, 4.69) is 117 Å². The Labute approximate surface area is 191 Å². The van der Waals surface area contributed by atoms with Gasteiger partial charge in [-0.15, -0.1) is 11.3 Å². The number of aromatic nitrogens is 1. The number of fused-ring (bicyclic) bond motifs is 10. The highest BCUT2D eigenvalue weighted by atomic mass is 79.9. The third kappa shape index (κ3) is 2.36. The number of nitrogens with zero attached hydrogens (tertiary/aromatic N) is 1. The van der Waals surface area contributed by atoms with Crippen molar-refractivity contribution >= 4 is 74.8 Å². The van der Waals surface area contributed by atoms with E-state index in [1.165, 1.54) is 58.6 Å². The van der Waals surface area contributed by atoms with Crippen molar-refractivity contribution in [3.05, 3.63) is 102 Å². The van der Waals surface area contributed by atoms with E-state index in [0.717, 1.165) is 4.47 Å². The molecule has 4 aromatic carbocycles. The van der Waals surface area contributed by atoms with Crippen LogP contribution >= 0.6 is 27.3 Å². The van der Waals surface area contributed by atoms with Gasteiger partial charge in [-0.1, -0.05) is 88.7 Å². The van der Waals surface area contributed by atoms with Gasteiger partial charge < -0.3 is 0 Å². The van der Waals surface area contributed by atoms with Crippen LogP contribution in [0.4, 0.5) is 0 Å². The molecule has 0 unspecified atom stereocenters. The Morgan fingerprint density at radius 2 is 1.39 bits per heavy atom. The predicted octanol–water partition coefficient (Wildman–Crippen LogP) is 9.04. The molecule has 3 heterocycles. The van der Waals surface area contributed by atoms with E-state index >= 15 is 0 Å². The molecule has 0 aliphatic heterocycles. The standard InChI is InChI=1S/C28H16BrNS/c29-18-14-15-19-22(16-18)26-21-11-5-7-13-24(21)31-28(26)30-23-12-6-4-10-20(23)25(27(19)30)17-8-2-1-3-9-17/h1-16H. The first-order chi connectivity index (χ1) is 15.3. The molecule has 146 valence electrons. The van der Waals surface area contributed by atoms with E-state index in [1.807, 2.05) is 11.3 Å². The van der Waals surface area contributed by atoms with Gasteiger partial charge in [0, 0.05) is 36.3 Å². The van der Waals surface area contributed by atoms with Crippen LogP contribution in [0.25, 0.3) is 58.6 Å². The molecule has 0 saturated heterocycles. The van der Waals surface area contributed by atoms with Gasteiger partial charge in [-0.2, -0.15) is 0 Å². The maximum absolute atomic E-state index is 3.73. The molecule has 0 saturated carbocycles. The molecule has 7 rings (SSSR count). The van der Waals surface area contributed by atoms with E-state index in [4.69, 9.17) is 0 Å². The molecule has 31 heavy (non-hydrogen) atoms. The van der Waals surface area contributed by atoms with Gasteiger partial charge in [-0.3, -0.25) is 4.40 Å². The molecule has 0 radical (unpaired) electrons. The van der Waals surface area contributed by atoms with Crippen molar-refractivity contribution in [3.8, 4) is 11.1 Å². The lowest BCUT2D eigenvalue weighted by atomic mass is 9.99. The first kappa shape index (κ1) is 17.5. The van der Waals surface area contributed by atoms with Crippen LogP contribution in [0.5, 0.6) is 0 Å². The van der Waals surface area contributed by atoms with Crippen molar-refractivity contribution in [2.45, 2.75) is 0 Å². The summed E-state index contributed by atoms with van der Waals surface area (Å²) in [6, 6.07) is 35.1. The van der Waals surface area contributed by atoms with Gasteiger partial charge in [0.05, 0.1) is 11.0 Å². The quantitative estimate of drug-likeness (QED) is 0.222. The number of rotatable bonds is 1. The Balaban J connectivity index is 1.88. The Morgan fingerprint density at radius 3 is 2.26 bits per heavy atom. The SMILES string of the molecule is Brc1ccc2c(c1)c1c3ccccc3sc1n1c3ccccc3c(-c3ccccc3)c21. The normalized spacial score (nSPS) is 12.0. The lowest BCUT2D eigenvalue weighted by Crippen LogP contribution is -1.89. The highest BCUT2D eigenvalue weighted by Crippen LogP contribution is 2.46. The summed E-state index contributed by atoms with van der Waals surface area (Å²) in [6.07, 6.45) is 0. The molecule has 0 spiro atoms. The molecular weight excluding hydrogens is 462 g/mol. The zero-order chi connectivity index (χ0) is 20.5. The lowest BCUT2D eigenvalue weighted by Gasteiger charge is -2.09. The van der Waals surface area contributed by atoms with E-state index < -0.39 is 0 Å². The largest absolute Gasteiger partial charge is 0.299 e. The van der Waals surface area contributed by atoms with Crippen LogP contribution in [0, 0.1) is 0 Å². The molecule has 7 aromatic rings. The van der Waals surface area contributed by atoms with Crippen LogP contribution in [0.2, 0.25) is 0 Å². The summed E-state index contributed by atoms with van der Waals surface area (Å²) in [5.41, 5.74) is 5.11. The number of hydrogen-bond donors (Lipinski definition) is 0. The first-order valence-corrected chi connectivity index (χ1v) is 11.9. The van der Waals surface area contributed by atoms with Crippen LogP contribution in [0.1, 0.15) is 0 Å². The lowest BCUT2D eigenvalue weighted by molar-refractivity contribution is 1.37. The third-order valence-electron chi connectivity index (χ3n) is 6.22. The molecule has 1 nitrogen and oxygen atoms in total. The first-order valence-electron chi connectivity index (χ1n) is 10.3. The van der Waals surface area contributed by atoms with Crippen LogP contribution in [-0.2, 0) is 0 Å². The van der Waals surface area contributed by atoms with Crippen molar-refractivity contribution in [1.29, 1.82) is 0 Å². The summed E-state index contributed by atoms with van der Waals surface area (Å²) >= 11 is 5.61. The average Bonchev–Trinajstić information content (AvgIpc) is 3.36. The van der Waals surface area contributed by atoms with E-state index in [9.17, 15) is 0 Å². The minimum absolute atomic E-state index is 1.11. The van der Waals surface area contributed by atoms with Crippen molar-refractivity contribution < 1.29 is 0 Å². The summed E-state index contributed by atoms with van der Waals surface area (Å²) in [7, 11) is 0. The fraction of sp³-hybridized carbons (Fsp3) is 0. The molecule has 3 aromatic heterocycles. The molecule has 0 amide bonds. The van der Waals surface area contributed by atoms with Crippen molar-refractivity contribution in [2.24, 2.45) is 0 Å². The van der Waals surface area contributed by atoms with E-state index in [0.29, 0.717) is 0 Å². The third-order valence-corrected chi connectivity index (χ3v) is 7.87. The number of para-hydroxylation sites is 1. The fourth-order valence-corrected chi connectivity index (χ4v) is 6.58. The smallest absolute Gasteiger partial charge is 0.109 e. The molecule has 0 bridgehead atoms. The highest BCUT2D eigenvalue weighted by molar-refractivity contribution is 9.10. The number of benzene rings is 4. The molecule has 3 heteroatoms. The van der Waals surface area contributed by atoms with Gasteiger partial charge in [0.15, 0.2) is 0 Å². The monoisotopic (exact) mass is 477 g/mol.